The monoisotopic (exact) mass is 684 g/mol. The molecule has 0 aliphatic carbocycles. The van der Waals surface area contributed by atoms with Crippen molar-refractivity contribution in [1.29, 1.82) is 0 Å². The van der Waals surface area contributed by atoms with Crippen molar-refractivity contribution < 1.29 is 35.9 Å². The van der Waals surface area contributed by atoms with Crippen molar-refractivity contribution in [1.82, 2.24) is 14.5 Å². The van der Waals surface area contributed by atoms with Gasteiger partial charge in [-0.3, -0.25) is 0 Å². The van der Waals surface area contributed by atoms with Gasteiger partial charge < -0.3 is 18.7 Å². The Bertz CT molecular complexity index is 2180. The summed E-state index contributed by atoms with van der Waals surface area (Å²) in [5, 5.41) is 5.02. The van der Waals surface area contributed by atoms with E-state index in [1.807, 2.05) is 6.07 Å². The standard InChI is InChI=1S/C31H23ClF2N4O6S2/c1-17-22-12-18(5-8-25(22)44-37-17)23-13-20(32)6-9-24(23)43-26-10-11-28(30(34)29(26)33)46(39,40)38(31-35-16-36-45-31)15-19-4-7-21(41-2)14-27(19)42-3/h4-14,16H,15H2,1-3H3. The molecule has 0 bridgehead atoms. The molecule has 46 heavy (non-hydrogen) atoms. The lowest BCUT2D eigenvalue weighted by atomic mass is 10.0. The van der Waals surface area contributed by atoms with Gasteiger partial charge in [0.2, 0.25) is 10.9 Å². The number of fused-ring (bicyclic) bond motifs is 1. The van der Waals surface area contributed by atoms with Crippen molar-refractivity contribution in [3.63, 3.8) is 0 Å². The van der Waals surface area contributed by atoms with E-state index in [9.17, 15) is 8.42 Å². The Balaban J connectivity index is 1.37. The largest absolute Gasteiger partial charge is 0.497 e. The maximum absolute atomic E-state index is 15.7. The Morgan fingerprint density at radius 2 is 1.74 bits per heavy atom. The number of anilines is 1. The van der Waals surface area contributed by atoms with E-state index in [1.165, 1.54) is 26.4 Å². The summed E-state index contributed by atoms with van der Waals surface area (Å²) in [6.07, 6.45) is 1.16. The van der Waals surface area contributed by atoms with Gasteiger partial charge in [0.15, 0.2) is 17.1 Å². The summed E-state index contributed by atoms with van der Waals surface area (Å²) in [7, 11) is -1.84. The molecular formula is C31H23ClF2N4O6S2. The first kappa shape index (κ1) is 31.2. The second kappa shape index (κ2) is 12.5. The summed E-state index contributed by atoms with van der Waals surface area (Å²) >= 11 is 7.04. The van der Waals surface area contributed by atoms with E-state index in [0.29, 0.717) is 44.5 Å². The fourth-order valence-electron chi connectivity index (χ4n) is 4.74. The highest BCUT2D eigenvalue weighted by molar-refractivity contribution is 7.93. The van der Waals surface area contributed by atoms with Crippen LogP contribution >= 0.6 is 23.1 Å². The van der Waals surface area contributed by atoms with E-state index >= 15 is 8.78 Å². The molecule has 0 radical (unpaired) electrons. The van der Waals surface area contributed by atoms with Crippen LogP contribution in [-0.4, -0.2) is 37.2 Å². The SMILES string of the molecule is COc1ccc(CN(c2ncns2)S(=O)(=O)c2ccc(Oc3ccc(Cl)cc3-c3ccc4onc(C)c4c3)c(F)c2F)c(OC)c1. The number of methoxy groups -OCH3 is 2. The van der Waals surface area contributed by atoms with Gasteiger partial charge in [-0.2, -0.15) is 8.76 Å². The van der Waals surface area contributed by atoms with E-state index in [0.717, 1.165) is 39.7 Å². The average molecular weight is 685 g/mol. The van der Waals surface area contributed by atoms with E-state index in [2.05, 4.69) is 14.5 Å². The van der Waals surface area contributed by atoms with Crippen LogP contribution < -0.4 is 18.5 Å². The number of sulfonamides is 1. The molecule has 0 spiro atoms. The molecule has 0 fully saturated rings. The smallest absolute Gasteiger partial charge is 0.269 e. The number of ether oxygens (including phenoxy) is 3. The summed E-state index contributed by atoms with van der Waals surface area (Å²) < 4.78 is 85.7. The molecule has 4 aromatic carbocycles. The zero-order valence-corrected chi connectivity index (χ0v) is 26.7. The fraction of sp³-hybridized carbons (Fsp3) is 0.129. The van der Waals surface area contributed by atoms with Crippen LogP contribution in [0.25, 0.3) is 22.1 Å². The molecule has 0 aliphatic rings. The third-order valence-corrected chi connectivity index (χ3v) is 9.87. The number of halogens is 3. The van der Waals surface area contributed by atoms with Crippen LogP contribution in [-0.2, 0) is 16.6 Å². The van der Waals surface area contributed by atoms with Gasteiger partial charge in [-0.25, -0.2) is 22.1 Å². The van der Waals surface area contributed by atoms with Crippen LogP contribution in [0.3, 0.4) is 0 Å². The summed E-state index contributed by atoms with van der Waals surface area (Å²) in [6.45, 7) is 1.46. The Morgan fingerprint density at radius 3 is 2.48 bits per heavy atom. The summed E-state index contributed by atoms with van der Waals surface area (Å²) in [5.74, 6) is -2.74. The molecule has 236 valence electrons. The van der Waals surface area contributed by atoms with Gasteiger partial charge in [0.25, 0.3) is 10.0 Å². The second-order valence-electron chi connectivity index (χ2n) is 9.82. The summed E-state index contributed by atoms with van der Waals surface area (Å²) in [4.78, 5) is 3.09. The highest BCUT2D eigenvalue weighted by atomic mass is 35.5. The normalized spacial score (nSPS) is 11.5. The number of rotatable bonds is 10. The predicted octanol–water partition coefficient (Wildman–Crippen LogP) is 7.79. The Kier molecular flexibility index (Phi) is 8.51. The summed E-state index contributed by atoms with van der Waals surface area (Å²) in [6, 6.07) is 16.7. The van der Waals surface area contributed by atoms with Gasteiger partial charge >= 0.3 is 0 Å². The van der Waals surface area contributed by atoms with E-state index in [-0.39, 0.29) is 17.4 Å². The van der Waals surface area contributed by atoms with Crippen LogP contribution in [0.1, 0.15) is 11.3 Å². The average Bonchev–Trinajstić information content (AvgIpc) is 3.72. The maximum atomic E-state index is 15.7. The molecule has 6 aromatic rings. The number of hydrogen-bond acceptors (Lipinski definition) is 10. The molecule has 0 unspecified atom stereocenters. The van der Waals surface area contributed by atoms with Crippen molar-refractivity contribution in [3.8, 4) is 34.1 Å². The third kappa shape index (κ3) is 5.82. The minimum absolute atomic E-state index is 0.0659. The zero-order chi connectivity index (χ0) is 32.6. The molecule has 2 heterocycles. The summed E-state index contributed by atoms with van der Waals surface area (Å²) in [5.41, 5.74) is 2.78. The van der Waals surface area contributed by atoms with Crippen molar-refractivity contribution in [3.05, 3.63) is 101 Å². The highest BCUT2D eigenvalue weighted by Gasteiger charge is 2.33. The molecule has 0 N–H and O–H groups in total. The molecule has 0 aliphatic heterocycles. The van der Waals surface area contributed by atoms with Crippen LogP contribution in [0.15, 0.2) is 82.5 Å². The first-order chi connectivity index (χ1) is 22.1. The second-order valence-corrected chi connectivity index (χ2v) is 12.9. The molecule has 6 rings (SSSR count). The molecule has 0 saturated heterocycles. The number of aromatic nitrogens is 3. The number of aryl methyl sites for hydroxylation is 1. The minimum atomic E-state index is -4.73. The topological polar surface area (TPSA) is 117 Å². The minimum Gasteiger partial charge on any atom is -0.497 e. The van der Waals surface area contributed by atoms with Crippen LogP contribution in [0, 0.1) is 18.6 Å². The first-order valence-electron chi connectivity index (χ1n) is 13.4. The molecule has 2 aromatic heterocycles. The van der Waals surface area contributed by atoms with Gasteiger partial charge in [-0.1, -0.05) is 22.8 Å². The predicted molar refractivity (Wildman–Crippen MR) is 168 cm³/mol. The Hall–Kier alpha value is -4.79. The molecule has 0 atom stereocenters. The number of hydrogen-bond donors (Lipinski definition) is 0. The molecule has 10 nitrogen and oxygen atoms in total. The zero-order valence-electron chi connectivity index (χ0n) is 24.3. The van der Waals surface area contributed by atoms with E-state index < -0.39 is 32.3 Å². The van der Waals surface area contributed by atoms with Crippen molar-refractivity contribution in [2.75, 3.05) is 18.5 Å². The van der Waals surface area contributed by atoms with E-state index in [4.69, 9.17) is 30.3 Å². The molecule has 0 amide bonds. The lowest BCUT2D eigenvalue weighted by molar-refractivity contribution is 0.391. The van der Waals surface area contributed by atoms with Gasteiger partial charge in [0, 0.05) is 39.1 Å². The lowest BCUT2D eigenvalue weighted by Gasteiger charge is -2.23. The highest BCUT2D eigenvalue weighted by Crippen LogP contribution is 2.40. The van der Waals surface area contributed by atoms with Crippen LogP contribution in [0.5, 0.6) is 23.0 Å². The van der Waals surface area contributed by atoms with Gasteiger partial charge in [0.1, 0.15) is 28.5 Å². The van der Waals surface area contributed by atoms with Gasteiger partial charge in [-0.05, 0) is 67.1 Å². The molecule has 15 heteroatoms. The maximum Gasteiger partial charge on any atom is 0.269 e. The van der Waals surface area contributed by atoms with Crippen molar-refractivity contribution in [2.45, 2.75) is 18.4 Å². The Morgan fingerprint density at radius 1 is 0.935 bits per heavy atom. The third-order valence-electron chi connectivity index (χ3n) is 7.07. The Labute approximate surface area is 270 Å². The number of nitrogens with zero attached hydrogens (tertiary/aromatic N) is 4. The van der Waals surface area contributed by atoms with E-state index in [1.54, 1.807) is 43.3 Å². The molecule has 0 saturated carbocycles. The van der Waals surface area contributed by atoms with Crippen molar-refractivity contribution in [2.24, 2.45) is 0 Å². The lowest BCUT2D eigenvalue weighted by Crippen LogP contribution is -2.31. The molecular weight excluding hydrogens is 662 g/mol. The van der Waals surface area contributed by atoms with Crippen molar-refractivity contribution >= 4 is 49.3 Å². The number of benzene rings is 4. The van der Waals surface area contributed by atoms with Crippen LogP contribution in [0.2, 0.25) is 5.02 Å². The van der Waals surface area contributed by atoms with Gasteiger partial charge in [0.05, 0.1) is 26.5 Å². The van der Waals surface area contributed by atoms with Crippen LogP contribution in [0.4, 0.5) is 13.9 Å². The fourth-order valence-corrected chi connectivity index (χ4v) is 7.10. The quantitative estimate of drug-likeness (QED) is 0.143. The van der Waals surface area contributed by atoms with Gasteiger partial charge in [-0.15, -0.1) is 0 Å². The first-order valence-corrected chi connectivity index (χ1v) is 16.0.